The molecule has 1 N–H and O–H groups in total. The van der Waals surface area contributed by atoms with E-state index in [0.717, 1.165) is 18.3 Å². The fraction of sp³-hybridized carbons (Fsp3) is 0.222. The highest BCUT2D eigenvalue weighted by Crippen LogP contribution is 2.27. The van der Waals surface area contributed by atoms with Crippen LogP contribution in [0.3, 0.4) is 0 Å². The first kappa shape index (κ1) is 12.3. The maximum Gasteiger partial charge on any atom is 0.461 e. The Morgan fingerprint density at radius 1 is 1.38 bits per heavy atom. The van der Waals surface area contributed by atoms with E-state index in [4.69, 9.17) is 5.21 Å². The molecule has 0 aliphatic heterocycles. The molecule has 0 amide bonds. The largest absolute Gasteiger partial charge is 0.461 e. The molecule has 0 heterocycles. The molecule has 7 heteroatoms. The fourth-order valence-electron chi connectivity index (χ4n) is 0.927. The number of nitrogens with zero attached hydrogens (tertiary/aromatic N) is 1. The number of hydrogen-bond donors (Lipinski definition) is 1. The van der Waals surface area contributed by atoms with Crippen LogP contribution < -0.4 is 4.74 Å². The number of benzene rings is 1. The molecular weight excluding hydrogens is 230 g/mol. The Hall–Kier alpha value is -1.79. The summed E-state index contributed by atoms with van der Waals surface area (Å²) in [6, 6.07) is 4.85. The van der Waals surface area contributed by atoms with Crippen molar-refractivity contribution in [2.45, 2.75) is 12.5 Å². The Balaban J connectivity index is 2.85. The van der Waals surface area contributed by atoms with Gasteiger partial charge >= 0.3 is 12.5 Å². The zero-order chi connectivity index (χ0) is 12.2. The van der Waals surface area contributed by atoms with E-state index in [1.54, 1.807) is 0 Å². The van der Waals surface area contributed by atoms with Crippen LogP contribution in [0.2, 0.25) is 0 Å². The second kappa shape index (κ2) is 4.82. The van der Waals surface area contributed by atoms with E-state index in [2.05, 4.69) is 9.89 Å². The normalized spacial score (nSPS) is 12.3. The minimum atomic E-state index is -4.55. The van der Waals surface area contributed by atoms with Crippen molar-refractivity contribution in [3.05, 3.63) is 29.8 Å². The molecule has 0 aromatic heterocycles. The summed E-state index contributed by atoms with van der Waals surface area (Å²) in [5.74, 6) is -0.442. The minimum absolute atomic E-state index is 0.241. The molecule has 1 aromatic rings. The van der Waals surface area contributed by atoms with E-state index in [1.807, 2.05) is 0 Å². The van der Waals surface area contributed by atoms with Gasteiger partial charge in [-0.25, -0.2) is 0 Å². The first-order valence-corrected chi connectivity index (χ1v) is 4.08. The molecule has 0 saturated heterocycles. The van der Waals surface area contributed by atoms with Crippen LogP contribution in [0.5, 0.6) is 5.75 Å². The van der Waals surface area contributed by atoms with Crippen LogP contribution in [0, 0.1) is 0 Å². The van der Waals surface area contributed by atoms with Gasteiger partial charge in [0.1, 0.15) is 5.75 Å². The van der Waals surface area contributed by atoms with Crippen LogP contribution in [0.4, 0.5) is 17.6 Å². The predicted octanol–water partition coefficient (Wildman–Crippen LogP) is 2.73. The number of hydrogen-bond acceptors (Lipinski definition) is 3. The summed E-state index contributed by atoms with van der Waals surface area (Å²) in [6.07, 6.45) is -7.51. The topological polar surface area (TPSA) is 41.8 Å². The zero-order valence-corrected chi connectivity index (χ0v) is 7.78. The standard InChI is InChI=1S/C9H7F4NO2/c10-8(11)9(12,13)16-7-3-1-2-6(4-7)5-14-15/h1-5,8,15H/b14-5-. The van der Waals surface area contributed by atoms with Crippen molar-refractivity contribution in [3.63, 3.8) is 0 Å². The number of halogens is 4. The van der Waals surface area contributed by atoms with Gasteiger partial charge < -0.3 is 9.94 Å². The molecule has 0 fully saturated rings. The summed E-state index contributed by atoms with van der Waals surface area (Å²) < 4.78 is 52.4. The Morgan fingerprint density at radius 3 is 2.62 bits per heavy atom. The SMILES string of the molecule is O/N=C\c1cccc(OC(F)(F)C(F)F)c1. The molecule has 0 spiro atoms. The molecule has 0 atom stereocenters. The molecule has 0 saturated carbocycles. The lowest BCUT2D eigenvalue weighted by atomic mass is 10.2. The fourth-order valence-corrected chi connectivity index (χ4v) is 0.927. The summed E-state index contributed by atoms with van der Waals surface area (Å²) in [6.45, 7) is 0. The first-order valence-electron chi connectivity index (χ1n) is 4.08. The molecule has 88 valence electrons. The van der Waals surface area contributed by atoms with E-state index in [0.29, 0.717) is 0 Å². The van der Waals surface area contributed by atoms with Crippen molar-refractivity contribution >= 4 is 6.21 Å². The third kappa shape index (κ3) is 3.11. The van der Waals surface area contributed by atoms with Crippen LogP contribution in [-0.4, -0.2) is 24.0 Å². The lowest BCUT2D eigenvalue weighted by molar-refractivity contribution is -0.253. The zero-order valence-electron chi connectivity index (χ0n) is 7.78. The monoisotopic (exact) mass is 237 g/mol. The summed E-state index contributed by atoms with van der Waals surface area (Å²) in [5, 5.41) is 10.9. The average Bonchev–Trinajstić information content (AvgIpc) is 2.17. The van der Waals surface area contributed by atoms with Gasteiger partial charge in [-0.15, -0.1) is 0 Å². The van der Waals surface area contributed by atoms with Gasteiger partial charge in [0, 0.05) is 0 Å². The van der Waals surface area contributed by atoms with Crippen molar-refractivity contribution < 1.29 is 27.5 Å². The van der Waals surface area contributed by atoms with Crippen molar-refractivity contribution in [1.82, 2.24) is 0 Å². The Kier molecular flexibility index (Phi) is 3.70. The van der Waals surface area contributed by atoms with Crippen LogP contribution in [0.15, 0.2) is 29.4 Å². The third-order valence-electron chi connectivity index (χ3n) is 1.57. The molecule has 1 aromatic carbocycles. The van der Waals surface area contributed by atoms with Gasteiger partial charge in [0.05, 0.1) is 6.21 Å². The van der Waals surface area contributed by atoms with Crippen molar-refractivity contribution in [1.29, 1.82) is 0 Å². The second-order valence-electron chi connectivity index (χ2n) is 2.78. The molecule has 0 bridgehead atoms. The highest BCUT2D eigenvalue weighted by atomic mass is 19.3. The van der Waals surface area contributed by atoms with E-state index in [-0.39, 0.29) is 5.56 Å². The molecule has 0 aliphatic rings. The van der Waals surface area contributed by atoms with Gasteiger partial charge in [0.15, 0.2) is 0 Å². The molecule has 0 unspecified atom stereocenters. The number of oxime groups is 1. The summed E-state index contributed by atoms with van der Waals surface area (Å²) >= 11 is 0. The Morgan fingerprint density at radius 2 is 2.06 bits per heavy atom. The molecule has 16 heavy (non-hydrogen) atoms. The van der Waals surface area contributed by atoms with Gasteiger partial charge in [0.25, 0.3) is 0 Å². The number of ether oxygens (including phenoxy) is 1. The number of rotatable bonds is 4. The molecule has 0 aliphatic carbocycles. The minimum Gasteiger partial charge on any atom is -0.428 e. The smallest absolute Gasteiger partial charge is 0.428 e. The summed E-state index contributed by atoms with van der Waals surface area (Å²) in [4.78, 5) is 0. The summed E-state index contributed by atoms with van der Waals surface area (Å²) in [7, 11) is 0. The highest BCUT2D eigenvalue weighted by Gasteiger charge is 2.43. The average molecular weight is 237 g/mol. The lowest BCUT2D eigenvalue weighted by Gasteiger charge is -2.16. The molecular formula is C9H7F4NO2. The lowest BCUT2D eigenvalue weighted by Crippen LogP contribution is -2.33. The van der Waals surface area contributed by atoms with Crippen LogP contribution in [0.1, 0.15) is 5.56 Å². The summed E-state index contributed by atoms with van der Waals surface area (Å²) in [5.41, 5.74) is 0.241. The van der Waals surface area contributed by atoms with Gasteiger partial charge in [-0.3, -0.25) is 0 Å². The van der Waals surface area contributed by atoms with Crippen LogP contribution in [0.25, 0.3) is 0 Å². The van der Waals surface area contributed by atoms with Crippen molar-refractivity contribution in [2.24, 2.45) is 5.16 Å². The van der Waals surface area contributed by atoms with Gasteiger partial charge in [-0.05, 0) is 17.7 Å². The first-order chi connectivity index (χ1) is 7.45. The van der Waals surface area contributed by atoms with Gasteiger partial charge in [-0.1, -0.05) is 17.3 Å². The maximum absolute atomic E-state index is 12.5. The molecule has 1 rings (SSSR count). The van der Waals surface area contributed by atoms with E-state index >= 15 is 0 Å². The van der Waals surface area contributed by atoms with E-state index in [1.165, 1.54) is 12.1 Å². The van der Waals surface area contributed by atoms with Gasteiger partial charge in [0.2, 0.25) is 0 Å². The van der Waals surface area contributed by atoms with Crippen LogP contribution >= 0.6 is 0 Å². The van der Waals surface area contributed by atoms with E-state index < -0.39 is 18.3 Å². The van der Waals surface area contributed by atoms with Crippen LogP contribution in [-0.2, 0) is 0 Å². The molecule has 0 radical (unpaired) electrons. The third-order valence-corrected chi connectivity index (χ3v) is 1.57. The maximum atomic E-state index is 12.5. The Labute approximate surface area is 87.9 Å². The second-order valence-corrected chi connectivity index (χ2v) is 2.78. The quantitative estimate of drug-likeness (QED) is 0.378. The Bertz CT molecular complexity index is 382. The van der Waals surface area contributed by atoms with Crippen molar-refractivity contribution in [3.8, 4) is 5.75 Å². The van der Waals surface area contributed by atoms with Crippen molar-refractivity contribution in [2.75, 3.05) is 0 Å². The van der Waals surface area contributed by atoms with E-state index in [9.17, 15) is 17.6 Å². The van der Waals surface area contributed by atoms with Gasteiger partial charge in [-0.2, -0.15) is 17.6 Å². The predicted molar refractivity (Wildman–Crippen MR) is 47.4 cm³/mol. The number of alkyl halides is 4. The molecule has 3 nitrogen and oxygen atoms in total. The highest BCUT2D eigenvalue weighted by molar-refractivity contribution is 5.79.